The van der Waals surface area contributed by atoms with Crippen LogP contribution in [0.3, 0.4) is 0 Å². The van der Waals surface area contributed by atoms with Crippen LogP contribution in [-0.4, -0.2) is 44.4 Å². The standard InChI is InChI=1S/C5H7NO2.C4H10N2/c7-4-1-2-5(8)6-3-4;1-2-6-4-3-5-1/h1-3H2,(H,6,8);5-6H,1-4H2. The zero-order valence-electron chi connectivity index (χ0n) is 8.27. The molecule has 2 fully saturated rings. The van der Waals surface area contributed by atoms with Crippen molar-refractivity contribution < 1.29 is 9.59 Å². The van der Waals surface area contributed by atoms with Crippen molar-refractivity contribution in [1.29, 1.82) is 0 Å². The van der Waals surface area contributed by atoms with Crippen molar-refractivity contribution in [3.63, 3.8) is 0 Å². The van der Waals surface area contributed by atoms with Gasteiger partial charge in [-0.1, -0.05) is 0 Å². The van der Waals surface area contributed by atoms with Gasteiger partial charge in [-0.2, -0.15) is 0 Å². The largest absolute Gasteiger partial charge is 0.349 e. The number of nitrogens with one attached hydrogen (secondary N) is 3. The molecule has 5 nitrogen and oxygen atoms in total. The highest BCUT2D eigenvalue weighted by atomic mass is 16.2. The van der Waals surface area contributed by atoms with Crippen LogP contribution in [0.25, 0.3) is 0 Å². The molecule has 0 aromatic heterocycles. The number of Topliss-reactive ketones (excluding diaryl/α,β-unsaturated/α-hetero) is 1. The molecule has 2 rings (SSSR count). The van der Waals surface area contributed by atoms with E-state index >= 15 is 0 Å². The Morgan fingerprint density at radius 3 is 1.71 bits per heavy atom. The number of carbonyl (C=O) groups excluding carboxylic acids is 2. The van der Waals surface area contributed by atoms with Crippen LogP contribution in [0.2, 0.25) is 0 Å². The second-order valence-corrected chi connectivity index (χ2v) is 3.32. The molecule has 2 saturated heterocycles. The first kappa shape index (κ1) is 11.1. The van der Waals surface area contributed by atoms with E-state index in [1.165, 1.54) is 0 Å². The first-order valence-corrected chi connectivity index (χ1v) is 4.99. The predicted molar refractivity (Wildman–Crippen MR) is 53.0 cm³/mol. The second-order valence-electron chi connectivity index (χ2n) is 3.32. The first-order chi connectivity index (χ1) is 6.79. The number of hydrogen-bond acceptors (Lipinski definition) is 4. The smallest absolute Gasteiger partial charge is 0.220 e. The van der Waals surface area contributed by atoms with E-state index in [4.69, 9.17) is 0 Å². The molecule has 0 radical (unpaired) electrons. The molecule has 2 aliphatic heterocycles. The van der Waals surface area contributed by atoms with Gasteiger partial charge in [0.1, 0.15) is 0 Å². The Hall–Kier alpha value is -0.940. The summed E-state index contributed by atoms with van der Waals surface area (Å²) in [6, 6.07) is 0. The third-order valence-electron chi connectivity index (χ3n) is 2.07. The van der Waals surface area contributed by atoms with Crippen LogP contribution in [-0.2, 0) is 9.59 Å². The SMILES string of the molecule is C1CNCCN1.O=C1CCC(=O)NC1. The lowest BCUT2D eigenvalue weighted by Crippen LogP contribution is -2.39. The fourth-order valence-electron chi connectivity index (χ4n) is 1.23. The lowest BCUT2D eigenvalue weighted by Gasteiger charge is -2.11. The van der Waals surface area contributed by atoms with Crippen molar-refractivity contribution in [2.45, 2.75) is 12.8 Å². The van der Waals surface area contributed by atoms with Crippen LogP contribution in [0.4, 0.5) is 0 Å². The Morgan fingerprint density at radius 1 is 0.857 bits per heavy atom. The van der Waals surface area contributed by atoms with Crippen LogP contribution in [0.1, 0.15) is 12.8 Å². The van der Waals surface area contributed by atoms with Gasteiger partial charge in [0.2, 0.25) is 5.91 Å². The van der Waals surface area contributed by atoms with E-state index in [1.54, 1.807) is 0 Å². The molecule has 3 N–H and O–H groups in total. The molecule has 0 aromatic carbocycles. The van der Waals surface area contributed by atoms with Gasteiger partial charge in [0.05, 0.1) is 6.54 Å². The van der Waals surface area contributed by atoms with E-state index in [9.17, 15) is 9.59 Å². The Labute approximate surface area is 83.6 Å². The van der Waals surface area contributed by atoms with Crippen molar-refractivity contribution in [3.8, 4) is 0 Å². The van der Waals surface area contributed by atoms with Gasteiger partial charge in [0.25, 0.3) is 0 Å². The summed E-state index contributed by atoms with van der Waals surface area (Å²) in [7, 11) is 0. The zero-order chi connectivity index (χ0) is 10.2. The van der Waals surface area contributed by atoms with Crippen molar-refractivity contribution >= 4 is 11.7 Å². The van der Waals surface area contributed by atoms with Crippen LogP contribution in [0, 0.1) is 0 Å². The van der Waals surface area contributed by atoms with Crippen molar-refractivity contribution in [3.05, 3.63) is 0 Å². The molecule has 0 spiro atoms. The third kappa shape index (κ3) is 4.94. The van der Waals surface area contributed by atoms with Crippen molar-refractivity contribution in [2.24, 2.45) is 0 Å². The third-order valence-corrected chi connectivity index (χ3v) is 2.07. The fourth-order valence-corrected chi connectivity index (χ4v) is 1.23. The molecule has 0 saturated carbocycles. The number of hydrogen-bond donors (Lipinski definition) is 3. The molecule has 0 unspecified atom stereocenters. The van der Waals surface area contributed by atoms with E-state index in [-0.39, 0.29) is 18.2 Å². The number of piperidine rings is 1. The van der Waals surface area contributed by atoms with E-state index in [0.717, 1.165) is 26.2 Å². The summed E-state index contributed by atoms with van der Waals surface area (Å²) < 4.78 is 0. The lowest BCUT2D eigenvalue weighted by molar-refractivity contribution is -0.129. The minimum Gasteiger partial charge on any atom is -0.349 e. The summed E-state index contributed by atoms with van der Waals surface area (Å²) in [5.74, 6) is 0.120. The number of ketones is 1. The van der Waals surface area contributed by atoms with E-state index in [0.29, 0.717) is 12.8 Å². The Balaban J connectivity index is 0.000000146. The van der Waals surface area contributed by atoms with Crippen molar-refractivity contribution in [2.75, 3.05) is 32.7 Å². The Bertz CT molecular complexity index is 163. The monoisotopic (exact) mass is 199 g/mol. The maximum atomic E-state index is 10.4. The molecular formula is C9H17N3O2. The molecule has 80 valence electrons. The molecule has 0 aromatic rings. The van der Waals surface area contributed by atoms with Crippen LogP contribution in [0.15, 0.2) is 0 Å². The summed E-state index contributed by atoms with van der Waals surface area (Å²) in [5, 5.41) is 8.89. The molecule has 2 heterocycles. The highest BCUT2D eigenvalue weighted by molar-refractivity contribution is 5.92. The molecule has 0 bridgehead atoms. The van der Waals surface area contributed by atoms with Gasteiger partial charge in [0.15, 0.2) is 5.78 Å². The summed E-state index contributed by atoms with van der Waals surface area (Å²) in [5.41, 5.74) is 0. The maximum absolute atomic E-state index is 10.4. The highest BCUT2D eigenvalue weighted by Gasteiger charge is 2.12. The van der Waals surface area contributed by atoms with Crippen LogP contribution < -0.4 is 16.0 Å². The normalized spacial score (nSPS) is 22.0. The van der Waals surface area contributed by atoms with Gasteiger partial charge in [0, 0.05) is 39.0 Å². The highest BCUT2D eigenvalue weighted by Crippen LogP contribution is 1.95. The minimum absolute atomic E-state index is 0.00963. The fraction of sp³-hybridized carbons (Fsp3) is 0.778. The van der Waals surface area contributed by atoms with E-state index in [1.807, 2.05) is 0 Å². The van der Waals surface area contributed by atoms with Crippen LogP contribution in [0.5, 0.6) is 0 Å². The molecule has 5 heteroatoms. The first-order valence-electron chi connectivity index (χ1n) is 4.99. The van der Waals surface area contributed by atoms with Gasteiger partial charge >= 0.3 is 0 Å². The summed E-state index contributed by atoms with van der Waals surface area (Å²) in [6.07, 6.45) is 0.796. The molecule has 2 aliphatic rings. The lowest BCUT2D eigenvalue weighted by atomic mass is 10.1. The summed E-state index contributed by atoms with van der Waals surface area (Å²) in [4.78, 5) is 20.7. The number of piperazine rings is 1. The minimum atomic E-state index is -0.00963. The quantitative estimate of drug-likeness (QED) is 0.451. The molecule has 14 heavy (non-hydrogen) atoms. The summed E-state index contributed by atoms with van der Waals surface area (Å²) >= 11 is 0. The molecule has 1 amide bonds. The van der Waals surface area contributed by atoms with E-state index < -0.39 is 0 Å². The van der Waals surface area contributed by atoms with Gasteiger partial charge in [-0.05, 0) is 0 Å². The average Bonchev–Trinajstić information content (AvgIpc) is 2.26. The van der Waals surface area contributed by atoms with Gasteiger partial charge in [-0.25, -0.2) is 0 Å². The molecular weight excluding hydrogens is 182 g/mol. The van der Waals surface area contributed by atoms with Gasteiger partial charge in [-0.3, -0.25) is 9.59 Å². The molecule has 0 atom stereocenters. The predicted octanol–water partition coefficient (Wildman–Crippen LogP) is -1.36. The topological polar surface area (TPSA) is 70.2 Å². The van der Waals surface area contributed by atoms with E-state index in [2.05, 4.69) is 16.0 Å². The Kier molecular flexibility index (Phi) is 5.17. The number of amides is 1. The number of carbonyl (C=O) groups is 2. The summed E-state index contributed by atoms with van der Waals surface area (Å²) in [6.45, 7) is 4.79. The molecule has 0 aliphatic carbocycles. The second kappa shape index (κ2) is 6.50. The number of rotatable bonds is 0. The van der Waals surface area contributed by atoms with Gasteiger partial charge in [-0.15, -0.1) is 0 Å². The van der Waals surface area contributed by atoms with Crippen molar-refractivity contribution in [1.82, 2.24) is 16.0 Å². The van der Waals surface area contributed by atoms with Gasteiger partial charge < -0.3 is 16.0 Å². The zero-order valence-corrected chi connectivity index (χ0v) is 8.27. The maximum Gasteiger partial charge on any atom is 0.220 e. The van der Waals surface area contributed by atoms with Crippen LogP contribution >= 0.6 is 0 Å². The Morgan fingerprint density at radius 2 is 1.43 bits per heavy atom. The average molecular weight is 199 g/mol.